The van der Waals surface area contributed by atoms with E-state index >= 15 is 0 Å². The average Bonchev–Trinajstić information content (AvgIpc) is 2.43. The Morgan fingerprint density at radius 3 is 2.57 bits per heavy atom. The molecule has 2 rings (SSSR count). The number of aromatic carboxylic acids is 1. The summed E-state index contributed by atoms with van der Waals surface area (Å²) < 4.78 is 5.35. The number of halogens is 1. The largest absolute Gasteiger partial charge is 0.494 e. The molecule has 110 valence electrons. The summed E-state index contributed by atoms with van der Waals surface area (Å²) in [5, 5.41) is 12.5. The van der Waals surface area contributed by atoms with Crippen molar-refractivity contribution in [1.82, 2.24) is 0 Å². The van der Waals surface area contributed by atoms with Crippen molar-refractivity contribution in [1.29, 1.82) is 0 Å². The third-order valence-corrected chi connectivity index (χ3v) is 3.08. The summed E-state index contributed by atoms with van der Waals surface area (Å²) in [6.07, 6.45) is 0. The van der Waals surface area contributed by atoms with Gasteiger partial charge in [-0.15, -0.1) is 0 Å². The number of rotatable bonds is 5. The fourth-order valence-electron chi connectivity index (χ4n) is 1.87. The molecule has 0 spiro atoms. The first kappa shape index (κ1) is 15.0. The quantitative estimate of drug-likeness (QED) is 0.732. The lowest BCUT2D eigenvalue weighted by Gasteiger charge is -2.13. The maximum absolute atomic E-state index is 11.3. The smallest absolute Gasteiger partial charge is 0.337 e. The molecule has 0 fully saturated rings. The van der Waals surface area contributed by atoms with Crippen molar-refractivity contribution in [2.24, 2.45) is 0 Å². The SMILES string of the molecule is CCOc1ccc(Nc2c(Cl)cc(N)cc2C(=O)O)cc1. The van der Waals surface area contributed by atoms with Gasteiger partial charge in [-0.05, 0) is 43.3 Å². The Morgan fingerprint density at radius 1 is 1.33 bits per heavy atom. The summed E-state index contributed by atoms with van der Waals surface area (Å²) in [5.74, 6) is -0.359. The normalized spacial score (nSPS) is 10.2. The summed E-state index contributed by atoms with van der Waals surface area (Å²) in [6, 6.07) is 10.0. The van der Waals surface area contributed by atoms with Crippen molar-refractivity contribution in [3.05, 3.63) is 47.0 Å². The lowest BCUT2D eigenvalue weighted by Crippen LogP contribution is -2.05. The van der Waals surface area contributed by atoms with Gasteiger partial charge in [0.25, 0.3) is 0 Å². The van der Waals surface area contributed by atoms with Gasteiger partial charge in [-0.2, -0.15) is 0 Å². The van der Waals surface area contributed by atoms with E-state index in [0.29, 0.717) is 23.7 Å². The van der Waals surface area contributed by atoms with E-state index in [0.717, 1.165) is 5.75 Å². The van der Waals surface area contributed by atoms with Crippen molar-refractivity contribution in [3.63, 3.8) is 0 Å². The zero-order valence-electron chi connectivity index (χ0n) is 11.4. The highest BCUT2D eigenvalue weighted by molar-refractivity contribution is 6.34. The second kappa shape index (κ2) is 6.37. The number of carbonyl (C=O) groups is 1. The number of nitrogens with one attached hydrogen (secondary N) is 1. The van der Waals surface area contributed by atoms with Crippen molar-refractivity contribution in [2.75, 3.05) is 17.7 Å². The molecular formula is C15H15ClN2O3. The molecule has 21 heavy (non-hydrogen) atoms. The molecule has 0 atom stereocenters. The van der Waals surface area contributed by atoms with Gasteiger partial charge in [-0.3, -0.25) is 0 Å². The van der Waals surface area contributed by atoms with E-state index in [-0.39, 0.29) is 10.6 Å². The molecule has 2 aromatic carbocycles. The fraction of sp³-hybridized carbons (Fsp3) is 0.133. The van der Waals surface area contributed by atoms with Crippen LogP contribution >= 0.6 is 11.6 Å². The molecule has 0 aliphatic carbocycles. The number of carboxylic acid groups (broad SMARTS) is 1. The molecule has 6 heteroatoms. The monoisotopic (exact) mass is 306 g/mol. The summed E-state index contributed by atoms with van der Waals surface area (Å²) in [5.41, 5.74) is 6.95. The molecule has 0 aliphatic rings. The second-order valence-electron chi connectivity index (χ2n) is 4.31. The summed E-state index contributed by atoms with van der Waals surface area (Å²) in [6.45, 7) is 2.49. The standard InChI is InChI=1S/C15H15ClN2O3/c1-2-21-11-5-3-10(4-6-11)18-14-12(15(19)20)7-9(17)8-13(14)16/h3-8,18H,2,17H2,1H3,(H,19,20). The van der Waals surface area contributed by atoms with Crippen LogP contribution in [0.3, 0.4) is 0 Å². The van der Waals surface area contributed by atoms with Gasteiger partial charge in [0.1, 0.15) is 5.75 Å². The Morgan fingerprint density at radius 2 is 2.00 bits per heavy atom. The molecule has 0 saturated carbocycles. The van der Waals surface area contributed by atoms with Gasteiger partial charge < -0.3 is 20.9 Å². The minimum atomic E-state index is -1.10. The van der Waals surface area contributed by atoms with Gasteiger partial charge in [0.15, 0.2) is 0 Å². The first-order valence-electron chi connectivity index (χ1n) is 6.33. The van der Waals surface area contributed by atoms with Crippen LogP contribution in [-0.2, 0) is 0 Å². The predicted molar refractivity (Wildman–Crippen MR) is 83.7 cm³/mol. The Kier molecular flexibility index (Phi) is 4.55. The van der Waals surface area contributed by atoms with E-state index in [1.807, 2.05) is 6.92 Å². The molecule has 0 aliphatic heterocycles. The average molecular weight is 307 g/mol. The molecule has 4 N–H and O–H groups in total. The van der Waals surface area contributed by atoms with Crippen LogP contribution in [-0.4, -0.2) is 17.7 Å². The van der Waals surface area contributed by atoms with Crippen LogP contribution in [0.1, 0.15) is 17.3 Å². The summed E-state index contributed by atoms with van der Waals surface area (Å²) >= 11 is 6.08. The molecule has 0 radical (unpaired) electrons. The van der Waals surface area contributed by atoms with Crippen molar-refractivity contribution < 1.29 is 14.6 Å². The first-order valence-corrected chi connectivity index (χ1v) is 6.71. The molecule has 0 amide bonds. The number of hydrogen-bond donors (Lipinski definition) is 3. The van der Waals surface area contributed by atoms with Crippen LogP contribution < -0.4 is 15.8 Å². The number of hydrogen-bond acceptors (Lipinski definition) is 4. The van der Waals surface area contributed by atoms with E-state index in [2.05, 4.69) is 5.32 Å². The zero-order valence-corrected chi connectivity index (χ0v) is 12.1. The van der Waals surface area contributed by atoms with Gasteiger partial charge in [0.2, 0.25) is 0 Å². The number of ether oxygens (including phenoxy) is 1. The zero-order chi connectivity index (χ0) is 15.4. The van der Waals surface area contributed by atoms with E-state index in [1.54, 1.807) is 24.3 Å². The summed E-state index contributed by atoms with van der Waals surface area (Å²) in [4.78, 5) is 11.3. The molecule has 0 heterocycles. The van der Waals surface area contributed by atoms with Crippen molar-refractivity contribution in [3.8, 4) is 5.75 Å². The van der Waals surface area contributed by atoms with Crippen molar-refractivity contribution >= 4 is 34.6 Å². The molecule has 2 aromatic rings. The maximum atomic E-state index is 11.3. The lowest BCUT2D eigenvalue weighted by atomic mass is 10.1. The van der Waals surface area contributed by atoms with Crippen LogP contribution in [0, 0.1) is 0 Å². The van der Waals surface area contributed by atoms with Crippen LogP contribution in [0.5, 0.6) is 5.75 Å². The number of benzene rings is 2. The molecule has 0 unspecified atom stereocenters. The van der Waals surface area contributed by atoms with Gasteiger partial charge >= 0.3 is 5.97 Å². The van der Waals surface area contributed by atoms with Crippen molar-refractivity contribution in [2.45, 2.75) is 6.92 Å². The highest BCUT2D eigenvalue weighted by atomic mass is 35.5. The fourth-order valence-corrected chi connectivity index (χ4v) is 2.14. The molecule has 0 aromatic heterocycles. The van der Waals surface area contributed by atoms with Gasteiger partial charge in [0, 0.05) is 11.4 Å². The van der Waals surface area contributed by atoms with E-state index in [4.69, 9.17) is 22.1 Å². The Hall–Kier alpha value is -2.40. The Bertz CT molecular complexity index is 657. The van der Waals surface area contributed by atoms with Gasteiger partial charge in [-0.25, -0.2) is 4.79 Å². The third-order valence-electron chi connectivity index (χ3n) is 2.78. The first-order chi connectivity index (χ1) is 10.0. The Balaban J connectivity index is 2.32. The highest BCUT2D eigenvalue weighted by Crippen LogP contribution is 2.32. The number of nitrogen functional groups attached to an aromatic ring is 1. The second-order valence-corrected chi connectivity index (χ2v) is 4.72. The molecule has 0 saturated heterocycles. The van der Waals surface area contributed by atoms with Crippen LogP contribution in [0.25, 0.3) is 0 Å². The Labute approximate surface area is 127 Å². The van der Waals surface area contributed by atoms with Gasteiger partial charge in [-0.1, -0.05) is 11.6 Å². The van der Waals surface area contributed by atoms with Gasteiger partial charge in [0.05, 0.1) is 22.9 Å². The van der Waals surface area contributed by atoms with Crippen LogP contribution in [0.4, 0.5) is 17.1 Å². The molecular weight excluding hydrogens is 292 g/mol. The predicted octanol–water partition coefficient (Wildman–Crippen LogP) is 3.76. The summed E-state index contributed by atoms with van der Waals surface area (Å²) in [7, 11) is 0. The topological polar surface area (TPSA) is 84.6 Å². The van der Waals surface area contributed by atoms with E-state index in [9.17, 15) is 9.90 Å². The minimum absolute atomic E-state index is 0.0221. The van der Waals surface area contributed by atoms with Crippen LogP contribution in [0.2, 0.25) is 5.02 Å². The minimum Gasteiger partial charge on any atom is -0.494 e. The van der Waals surface area contributed by atoms with E-state index in [1.165, 1.54) is 12.1 Å². The van der Waals surface area contributed by atoms with Crippen LogP contribution in [0.15, 0.2) is 36.4 Å². The molecule has 5 nitrogen and oxygen atoms in total. The number of nitrogens with two attached hydrogens (primary N) is 1. The lowest BCUT2D eigenvalue weighted by molar-refractivity contribution is 0.0698. The third kappa shape index (κ3) is 3.58. The molecule has 0 bridgehead atoms. The number of anilines is 3. The highest BCUT2D eigenvalue weighted by Gasteiger charge is 2.15. The maximum Gasteiger partial charge on any atom is 0.337 e. The number of carboxylic acids is 1. The van der Waals surface area contributed by atoms with E-state index < -0.39 is 5.97 Å².